The molecule has 0 unspecified atom stereocenters. The van der Waals surface area contributed by atoms with E-state index >= 15 is 0 Å². The molecule has 95 heavy (non-hydrogen) atoms. The number of carbonyl (C=O) groups is 2. The largest absolute Gasteiger partial charge is 1.00 e. The molecule has 36 heteroatoms. The third kappa shape index (κ3) is 15.2. The molecule has 6 heterocycles. The van der Waals surface area contributed by atoms with Crippen LogP contribution in [0.4, 0.5) is 0 Å². The Morgan fingerprint density at radius 3 is 1.89 bits per heavy atom. The van der Waals surface area contributed by atoms with E-state index in [-0.39, 0.29) is 89.1 Å². The Kier molecular flexibility index (Phi) is 25.8. The number of ether oxygens (including phenoxy) is 12. The van der Waals surface area contributed by atoms with Crippen LogP contribution in [-0.2, 0) is 95.6 Å². The number of aliphatic hydroxyl groups is 10. The molecule has 10 rings (SSSR count). The van der Waals surface area contributed by atoms with Gasteiger partial charge in [-0.25, -0.2) is 16.8 Å². The summed E-state index contributed by atoms with van der Waals surface area (Å²) in [7, 11) is -9.97. The van der Waals surface area contributed by atoms with Gasteiger partial charge in [0.05, 0.1) is 50.0 Å². The second kappa shape index (κ2) is 30.5. The first kappa shape index (κ1) is 80.5. The summed E-state index contributed by atoms with van der Waals surface area (Å²) in [4.78, 5) is 29.0. The summed E-state index contributed by atoms with van der Waals surface area (Å²) in [6.07, 6.45) is -37.6. The van der Waals surface area contributed by atoms with Gasteiger partial charge in [-0.2, -0.15) is 0 Å². The zero-order valence-corrected chi connectivity index (χ0v) is 60.8. The van der Waals surface area contributed by atoms with E-state index in [9.17, 15) is 86.6 Å². The minimum absolute atomic E-state index is 0. The van der Waals surface area contributed by atoms with Gasteiger partial charge in [-0.15, -0.1) is 0 Å². The van der Waals surface area contributed by atoms with Crippen molar-refractivity contribution in [2.24, 2.45) is 45.3 Å². The summed E-state index contributed by atoms with van der Waals surface area (Å²) in [6.45, 7) is 12.2. The van der Waals surface area contributed by atoms with Gasteiger partial charge in [-0.3, -0.25) is 18.0 Å². The van der Waals surface area contributed by atoms with Gasteiger partial charge >= 0.3 is 65.1 Å². The molecule has 6 saturated heterocycles. The van der Waals surface area contributed by atoms with E-state index in [2.05, 4.69) is 38.0 Å². The predicted molar refractivity (Wildman–Crippen MR) is 305 cm³/mol. The average Bonchev–Trinajstić information content (AvgIpc) is 1.52. The summed E-state index contributed by atoms with van der Waals surface area (Å²) in [6, 6.07) is 0. The number of carbonyl (C=O) groups excluding carboxylic acids is 2. The summed E-state index contributed by atoms with van der Waals surface area (Å²) in [5.74, 6) is -0.679. The number of aliphatic hydroxyl groups excluding tert-OH is 10. The number of methoxy groups -OCH3 is 1. The number of ketones is 1. The Morgan fingerprint density at radius 1 is 0.663 bits per heavy atom. The number of hydrogen-bond donors (Lipinski definition) is 10. The first-order chi connectivity index (χ1) is 43.4. The van der Waals surface area contributed by atoms with Crippen LogP contribution < -0.4 is 59.1 Å². The Labute approximate surface area is 596 Å². The number of hydrogen-bond acceptors (Lipinski definition) is 32. The Morgan fingerprint density at radius 2 is 1.26 bits per heavy atom. The van der Waals surface area contributed by atoms with Crippen LogP contribution in [0, 0.1) is 45.3 Å². The molecule has 3 saturated carbocycles. The van der Waals surface area contributed by atoms with Crippen molar-refractivity contribution in [2.75, 3.05) is 33.5 Å². The van der Waals surface area contributed by atoms with Crippen molar-refractivity contribution in [1.82, 2.24) is 0 Å². The molecular weight excluding hydrogens is 1330 g/mol. The van der Waals surface area contributed by atoms with Gasteiger partial charge in [0, 0.05) is 13.5 Å². The number of cyclic esters (lactones) is 1. The van der Waals surface area contributed by atoms with E-state index < -0.39 is 228 Å². The molecule has 0 radical (unpaired) electrons. The molecule has 0 aromatic heterocycles. The third-order valence-electron chi connectivity index (χ3n) is 22.2. The van der Waals surface area contributed by atoms with Crippen LogP contribution in [0.2, 0.25) is 0 Å². The number of fused-ring (bicyclic) bond motifs is 4. The van der Waals surface area contributed by atoms with Crippen molar-refractivity contribution in [3.05, 3.63) is 11.6 Å². The van der Waals surface area contributed by atoms with Crippen LogP contribution in [0.25, 0.3) is 0 Å². The van der Waals surface area contributed by atoms with Crippen LogP contribution in [-0.4, -0.2) is 275 Å². The Bertz CT molecular complexity index is 2940. The fourth-order valence-electron chi connectivity index (χ4n) is 17.5. The average molecular weight is 1420 g/mol. The van der Waals surface area contributed by atoms with Crippen molar-refractivity contribution in [2.45, 2.75) is 266 Å². The van der Waals surface area contributed by atoms with E-state index in [1.807, 2.05) is 20.8 Å². The van der Waals surface area contributed by atoms with Gasteiger partial charge in [-0.1, -0.05) is 59.6 Å². The smallest absolute Gasteiger partial charge is 0.726 e. The molecule has 4 aliphatic carbocycles. The van der Waals surface area contributed by atoms with Gasteiger partial charge in [0.2, 0.25) is 20.8 Å². The van der Waals surface area contributed by atoms with Crippen LogP contribution in [0.5, 0.6) is 0 Å². The molecule has 0 bridgehead atoms. The number of rotatable bonds is 21. The van der Waals surface area contributed by atoms with Crippen molar-refractivity contribution in [3.63, 3.8) is 0 Å². The first-order valence-corrected chi connectivity index (χ1v) is 34.5. The van der Waals surface area contributed by atoms with Crippen molar-refractivity contribution in [1.29, 1.82) is 0 Å². The molecule has 10 N–H and O–H groups in total. The third-order valence-corrected chi connectivity index (χ3v) is 23.1. The number of esters is 1. The molecule has 0 aromatic rings. The molecule has 1 spiro atoms. The second-order valence-corrected chi connectivity index (χ2v) is 30.7. The van der Waals surface area contributed by atoms with Gasteiger partial charge in [0.1, 0.15) is 115 Å². The molecular formula is C59H92Na2O32S2. The van der Waals surface area contributed by atoms with Crippen molar-refractivity contribution >= 4 is 32.6 Å². The molecule has 32 nitrogen and oxygen atoms in total. The van der Waals surface area contributed by atoms with Gasteiger partial charge in [-0.05, 0) is 92.8 Å². The molecule has 9 fully saturated rings. The van der Waals surface area contributed by atoms with E-state index in [1.165, 1.54) is 6.92 Å². The van der Waals surface area contributed by atoms with Crippen LogP contribution in [0.1, 0.15) is 113 Å². The van der Waals surface area contributed by atoms with Crippen LogP contribution in [0.3, 0.4) is 0 Å². The molecule has 0 aromatic carbocycles. The van der Waals surface area contributed by atoms with E-state index in [4.69, 9.17) is 61.0 Å². The minimum Gasteiger partial charge on any atom is -0.726 e. The Balaban J connectivity index is 0.00000578. The summed E-state index contributed by atoms with van der Waals surface area (Å²) >= 11 is 0. The van der Waals surface area contributed by atoms with E-state index in [1.54, 1.807) is 0 Å². The standard InChI is InChI=1S/C59H94O32S2.2Na/c1-24(2)11-10-16-58(8)48-28(61)19-57(7)27-12-13-33-55(4,5)34(15-17-56(33,6)26(27)14-18-59(48,57)54(71)90-58)85-52-46(38(66)32(22-80-52)91-93(75,76)77)89-53-47(88-49-39(67)35(63)29(62)21-79-49)40(68)43(25(3)82-53)86-51-42(70)45(37(65)31(84-51)23-81-92(72,73)74)87-50-41(69)44(78-9)36(64)30(20-60)83-50;;/h14,24-25,27,29-53,60,62-70H,10-13,15-23H2,1-9H3,(H,72,73,74)(H,75,76,77);;/q;2*+1/p-2/t25-,27-,29-,30-,31-,32-,33+,34+,35+,36-,37-,38+,39-,40+,41-,42-,43-,44+,45+,46-,47-,48-,49+,50+,51+,52+,53+,56-,57+,58+,59-;;/m1../s1. The minimum atomic E-state index is -5.57. The molecule has 31 atom stereocenters. The maximum absolute atomic E-state index is 14.5. The monoisotopic (exact) mass is 1420 g/mol. The number of Topliss-reactive ketones (excluding diaryl/α,β-unsaturated/α-hetero) is 1. The topological polar surface area (TPSA) is 480 Å². The SMILES string of the molecule is CO[C@@H]1[C@@H](O)[C@H](O[C@@H]2[C@@H](O)[C@H](O[C@H]3[C@H](O)[C@@H](O[C@@H]4OC[C@@H](O)[C@H](O)[C@H]4O)[C@H](O[C@H]4[C@H](O[C@H]5CC[C@]6(C)C7=CC[C@]89C(=O)O[C@@](C)(CCCC(C)C)[C@H]8C(=O)C[C@@]9(C)[C@@H]7CC[C@H]6C5(C)C)OC[C@@H](OS(=O)(=O)[O-])[C@@H]4O)O[C@@H]3C)O[C@H](COS(=O)(=O)[O-])[C@H]2O)O[C@H](CO)[C@H]1O.[Na+].[Na+]. The summed E-state index contributed by atoms with van der Waals surface area (Å²) < 4.78 is 153. The fraction of sp³-hybridized carbons (Fsp3) is 0.932. The second-order valence-electron chi connectivity index (χ2n) is 28.6. The van der Waals surface area contributed by atoms with E-state index in [0.717, 1.165) is 25.5 Å². The first-order valence-electron chi connectivity index (χ1n) is 31.8. The van der Waals surface area contributed by atoms with Gasteiger partial charge in [0.15, 0.2) is 31.5 Å². The maximum atomic E-state index is 14.5. The van der Waals surface area contributed by atoms with Crippen molar-refractivity contribution in [3.8, 4) is 0 Å². The van der Waals surface area contributed by atoms with E-state index in [0.29, 0.717) is 44.4 Å². The molecule has 0 amide bonds. The normalized spacial score (nSPS) is 48.3. The molecule has 10 aliphatic rings. The van der Waals surface area contributed by atoms with Crippen LogP contribution >= 0.6 is 0 Å². The zero-order chi connectivity index (χ0) is 68.2. The van der Waals surface area contributed by atoms with Crippen molar-refractivity contribution < 1.29 is 211 Å². The summed E-state index contributed by atoms with van der Waals surface area (Å²) in [5.41, 5.74) is -2.77. The maximum Gasteiger partial charge on any atom is 1.00 e. The molecule has 534 valence electrons. The van der Waals surface area contributed by atoms with Gasteiger partial charge < -0.3 is 117 Å². The quantitative estimate of drug-likeness (QED) is 0.0127. The zero-order valence-electron chi connectivity index (χ0n) is 55.2. The predicted octanol–water partition coefficient (Wildman–Crippen LogP) is -8.69. The Hall–Kier alpha value is -0.220. The molecule has 6 aliphatic heterocycles. The number of allylic oxidation sites excluding steroid dienone is 2. The fourth-order valence-corrected chi connectivity index (χ4v) is 18.3. The van der Waals surface area contributed by atoms with Crippen LogP contribution in [0.15, 0.2) is 11.6 Å². The van der Waals surface area contributed by atoms with Gasteiger partial charge in [0.25, 0.3) is 0 Å². The summed E-state index contributed by atoms with van der Waals surface area (Å²) in [5, 5.41) is 112.